The molecule has 2 N–H and O–H groups in total. The molecule has 6 rings (SSSR count). The minimum absolute atomic E-state index is 0.0491. The highest BCUT2D eigenvalue weighted by molar-refractivity contribution is 7.13. The highest BCUT2D eigenvalue weighted by atomic mass is 32.1. The fraction of sp³-hybridized carbons (Fsp3) is 0.233. The van der Waals surface area contributed by atoms with Crippen molar-refractivity contribution in [2.24, 2.45) is 0 Å². The van der Waals surface area contributed by atoms with Crippen molar-refractivity contribution in [2.45, 2.75) is 13.8 Å². The van der Waals surface area contributed by atoms with E-state index >= 15 is 0 Å². The van der Waals surface area contributed by atoms with Gasteiger partial charge in [-0.05, 0) is 38.6 Å². The fourth-order valence-corrected chi connectivity index (χ4v) is 6.00. The van der Waals surface area contributed by atoms with E-state index in [1.54, 1.807) is 11.3 Å². The maximum Gasteiger partial charge on any atom is 0.256 e. The van der Waals surface area contributed by atoms with Gasteiger partial charge in [-0.2, -0.15) is 0 Å². The molecule has 0 aliphatic carbocycles. The number of anilines is 1. The van der Waals surface area contributed by atoms with E-state index in [0.29, 0.717) is 11.1 Å². The standard InChI is InChI=1S/C30H29N5O2S/c1-18-24(31-19(2)27(18)30(37)35-13-11-34(3)12-14-35)16-23-22-10-9-21(15-25(22)32-28(23)36)26-17-38-29(33-26)20-7-5-4-6-8-20/h4-10,15-17,31H,11-14H2,1-3H3,(H,32,36)/b23-16-. The molecular formula is C30H29N5O2S. The first-order valence-corrected chi connectivity index (χ1v) is 13.6. The minimum Gasteiger partial charge on any atom is -0.358 e. The van der Waals surface area contributed by atoms with Crippen LogP contribution >= 0.6 is 11.3 Å². The number of aromatic nitrogens is 2. The summed E-state index contributed by atoms with van der Waals surface area (Å²) < 4.78 is 0. The Morgan fingerprint density at radius 2 is 1.79 bits per heavy atom. The monoisotopic (exact) mass is 523 g/mol. The van der Waals surface area contributed by atoms with Gasteiger partial charge >= 0.3 is 0 Å². The second-order valence-corrected chi connectivity index (χ2v) is 10.8. The number of thiazole rings is 1. The normalized spacial score (nSPS) is 16.7. The van der Waals surface area contributed by atoms with E-state index in [4.69, 9.17) is 4.98 Å². The fourth-order valence-electron chi connectivity index (χ4n) is 5.17. The van der Waals surface area contributed by atoms with Crippen molar-refractivity contribution in [2.75, 3.05) is 38.5 Å². The number of nitrogens with one attached hydrogen (secondary N) is 2. The van der Waals surface area contributed by atoms with Crippen LogP contribution in [0.2, 0.25) is 0 Å². The van der Waals surface area contributed by atoms with Crippen molar-refractivity contribution in [1.29, 1.82) is 0 Å². The summed E-state index contributed by atoms with van der Waals surface area (Å²) in [6.07, 6.45) is 1.86. The van der Waals surface area contributed by atoms with Crippen LogP contribution in [0.3, 0.4) is 0 Å². The van der Waals surface area contributed by atoms with Gasteiger partial charge in [-0.1, -0.05) is 42.5 Å². The number of likely N-dealkylation sites (N-methyl/N-ethyl adjacent to an activating group) is 1. The molecule has 0 bridgehead atoms. The van der Waals surface area contributed by atoms with Crippen LogP contribution in [0.1, 0.15) is 32.9 Å². The molecule has 1 fully saturated rings. The van der Waals surface area contributed by atoms with E-state index in [9.17, 15) is 9.59 Å². The van der Waals surface area contributed by atoms with E-state index in [2.05, 4.69) is 34.4 Å². The number of aryl methyl sites for hydroxylation is 1. The number of hydrogen-bond donors (Lipinski definition) is 2. The van der Waals surface area contributed by atoms with Crippen LogP contribution in [0, 0.1) is 13.8 Å². The lowest BCUT2D eigenvalue weighted by atomic mass is 10.0. The topological polar surface area (TPSA) is 81.3 Å². The number of carbonyl (C=O) groups is 2. The predicted octanol–water partition coefficient (Wildman–Crippen LogP) is 5.30. The molecule has 2 aliphatic heterocycles. The number of nitrogens with zero attached hydrogens (tertiary/aromatic N) is 3. The van der Waals surface area contributed by atoms with Gasteiger partial charge in [-0.15, -0.1) is 11.3 Å². The number of hydrogen-bond acceptors (Lipinski definition) is 5. The van der Waals surface area contributed by atoms with Gasteiger partial charge in [0, 0.05) is 65.3 Å². The van der Waals surface area contributed by atoms with Gasteiger partial charge in [0.2, 0.25) is 0 Å². The summed E-state index contributed by atoms with van der Waals surface area (Å²) in [7, 11) is 2.07. The van der Waals surface area contributed by atoms with Gasteiger partial charge in [0.25, 0.3) is 11.8 Å². The van der Waals surface area contributed by atoms with Crippen molar-refractivity contribution in [3.63, 3.8) is 0 Å². The SMILES string of the molecule is Cc1[nH]c(/C=C2\C(=O)Nc3cc(-c4csc(-c5ccccc5)n4)ccc32)c(C)c1C(=O)N1CCN(C)CC1. The van der Waals surface area contributed by atoms with Gasteiger partial charge in [-0.25, -0.2) is 4.98 Å². The third-order valence-electron chi connectivity index (χ3n) is 7.39. The largest absolute Gasteiger partial charge is 0.358 e. The molecular weight excluding hydrogens is 494 g/mol. The second-order valence-electron chi connectivity index (χ2n) is 9.94. The lowest BCUT2D eigenvalue weighted by Crippen LogP contribution is -2.47. The first kappa shape index (κ1) is 24.3. The summed E-state index contributed by atoms with van der Waals surface area (Å²) in [5, 5.41) is 6.02. The highest BCUT2D eigenvalue weighted by Crippen LogP contribution is 2.38. The number of fused-ring (bicyclic) bond motifs is 1. The number of amides is 2. The molecule has 4 heterocycles. The maximum atomic E-state index is 13.3. The number of rotatable bonds is 4. The zero-order valence-electron chi connectivity index (χ0n) is 21.7. The van der Waals surface area contributed by atoms with Crippen molar-refractivity contribution >= 4 is 40.5 Å². The number of carbonyl (C=O) groups excluding carboxylic acids is 2. The van der Waals surface area contributed by atoms with Crippen molar-refractivity contribution in [3.8, 4) is 21.8 Å². The van der Waals surface area contributed by atoms with E-state index in [0.717, 1.165) is 76.2 Å². The van der Waals surface area contributed by atoms with Crippen LogP contribution in [-0.2, 0) is 4.79 Å². The Bertz CT molecular complexity index is 1580. The zero-order chi connectivity index (χ0) is 26.4. The molecule has 0 spiro atoms. The molecule has 1 saturated heterocycles. The van der Waals surface area contributed by atoms with Crippen LogP contribution in [-0.4, -0.2) is 64.8 Å². The second kappa shape index (κ2) is 9.70. The maximum absolute atomic E-state index is 13.3. The third-order valence-corrected chi connectivity index (χ3v) is 8.28. The van der Waals surface area contributed by atoms with Gasteiger partial charge in [0.05, 0.1) is 16.8 Å². The zero-order valence-corrected chi connectivity index (χ0v) is 22.5. The number of piperazine rings is 1. The van der Waals surface area contributed by atoms with Crippen LogP contribution in [0.15, 0.2) is 53.9 Å². The molecule has 2 aromatic carbocycles. The van der Waals surface area contributed by atoms with Crippen molar-refractivity contribution in [1.82, 2.24) is 19.8 Å². The summed E-state index contributed by atoms with van der Waals surface area (Å²) in [4.78, 5) is 38.6. The lowest BCUT2D eigenvalue weighted by molar-refractivity contribution is -0.110. The average Bonchev–Trinajstić information content (AvgIpc) is 3.61. The first-order chi connectivity index (χ1) is 18.4. The average molecular weight is 524 g/mol. The highest BCUT2D eigenvalue weighted by Gasteiger charge is 2.28. The Hall–Kier alpha value is -4.01. The molecule has 2 aromatic heterocycles. The molecule has 192 valence electrons. The molecule has 0 unspecified atom stereocenters. The summed E-state index contributed by atoms with van der Waals surface area (Å²) in [6, 6.07) is 16.1. The minimum atomic E-state index is -0.154. The van der Waals surface area contributed by atoms with Gasteiger partial charge in [0.15, 0.2) is 0 Å². The first-order valence-electron chi connectivity index (χ1n) is 12.7. The predicted molar refractivity (Wildman–Crippen MR) is 153 cm³/mol. The summed E-state index contributed by atoms with van der Waals surface area (Å²) in [6.45, 7) is 7.06. The van der Waals surface area contributed by atoms with E-state index in [1.165, 1.54) is 0 Å². The summed E-state index contributed by atoms with van der Waals surface area (Å²) >= 11 is 1.60. The Kier molecular flexibility index (Phi) is 6.21. The van der Waals surface area contributed by atoms with E-state index in [1.807, 2.05) is 66.6 Å². The molecule has 38 heavy (non-hydrogen) atoms. The molecule has 0 saturated carbocycles. The lowest BCUT2D eigenvalue weighted by Gasteiger charge is -2.32. The molecule has 7 nitrogen and oxygen atoms in total. The smallest absolute Gasteiger partial charge is 0.256 e. The van der Waals surface area contributed by atoms with Crippen LogP contribution in [0.5, 0.6) is 0 Å². The molecule has 0 atom stereocenters. The number of aromatic amines is 1. The summed E-state index contributed by atoms with van der Waals surface area (Å²) in [5.74, 6) is -0.105. The molecule has 4 aromatic rings. The Morgan fingerprint density at radius 3 is 2.55 bits per heavy atom. The number of H-pyrrole nitrogens is 1. The van der Waals surface area contributed by atoms with Gasteiger partial charge < -0.3 is 20.1 Å². The van der Waals surface area contributed by atoms with Crippen LogP contribution in [0.4, 0.5) is 5.69 Å². The van der Waals surface area contributed by atoms with Gasteiger partial charge in [0.1, 0.15) is 5.01 Å². The Morgan fingerprint density at radius 1 is 1.03 bits per heavy atom. The quantitative estimate of drug-likeness (QED) is 0.356. The summed E-state index contributed by atoms with van der Waals surface area (Å²) in [5.41, 5.74) is 8.30. The van der Waals surface area contributed by atoms with Crippen molar-refractivity contribution < 1.29 is 9.59 Å². The van der Waals surface area contributed by atoms with Crippen molar-refractivity contribution in [3.05, 3.63) is 82.0 Å². The number of benzene rings is 2. The molecule has 2 aliphatic rings. The van der Waals surface area contributed by atoms with E-state index in [-0.39, 0.29) is 11.8 Å². The molecule has 0 radical (unpaired) electrons. The Balaban J connectivity index is 1.28. The van der Waals surface area contributed by atoms with Gasteiger partial charge in [-0.3, -0.25) is 9.59 Å². The van der Waals surface area contributed by atoms with Crippen LogP contribution in [0.25, 0.3) is 33.5 Å². The van der Waals surface area contributed by atoms with E-state index < -0.39 is 0 Å². The molecule has 2 amide bonds. The Labute approximate surface area is 225 Å². The third kappa shape index (κ3) is 4.36. The molecule has 8 heteroatoms. The van der Waals surface area contributed by atoms with Crippen LogP contribution < -0.4 is 5.32 Å².